The summed E-state index contributed by atoms with van der Waals surface area (Å²) in [6, 6.07) is 6.47. The summed E-state index contributed by atoms with van der Waals surface area (Å²) in [5, 5.41) is 0. The van der Waals surface area contributed by atoms with Gasteiger partial charge in [-0.3, -0.25) is 0 Å². The van der Waals surface area contributed by atoms with Crippen LogP contribution in [0.25, 0.3) is 0 Å². The molecule has 1 rings (SSSR count). The molecule has 0 spiro atoms. The zero-order valence-electron chi connectivity index (χ0n) is 12.8. The van der Waals surface area contributed by atoms with Crippen LogP contribution in [0.3, 0.4) is 0 Å². The predicted octanol–water partition coefficient (Wildman–Crippen LogP) is 2.33. The fourth-order valence-electron chi connectivity index (χ4n) is 2.00. The van der Waals surface area contributed by atoms with Crippen molar-refractivity contribution in [3.63, 3.8) is 0 Å². The highest BCUT2D eigenvalue weighted by molar-refractivity contribution is 7.88. The molecule has 0 aromatic heterocycles. The van der Waals surface area contributed by atoms with E-state index in [4.69, 9.17) is 0 Å². The standard InChI is InChI=1S/C15H23NO4S/c1-4-12(5-2)10-16-21(18,19)11-13-7-6-8-14(9-13)15(17)20-3/h6-9,12,16H,4-5,10-11H2,1-3H3. The number of nitrogens with one attached hydrogen (secondary N) is 1. The Bertz CT molecular complexity index is 565. The molecular formula is C15H23NO4S. The number of carbonyl (C=O) groups is 1. The van der Waals surface area contributed by atoms with Gasteiger partial charge in [0.1, 0.15) is 0 Å². The van der Waals surface area contributed by atoms with Crippen LogP contribution in [0.2, 0.25) is 0 Å². The van der Waals surface area contributed by atoms with Gasteiger partial charge in [0.2, 0.25) is 10.0 Å². The summed E-state index contributed by atoms with van der Waals surface area (Å²) in [6.45, 7) is 4.54. The van der Waals surface area contributed by atoms with Gasteiger partial charge < -0.3 is 4.74 Å². The minimum atomic E-state index is -3.40. The highest BCUT2D eigenvalue weighted by Crippen LogP contribution is 2.11. The lowest BCUT2D eigenvalue weighted by molar-refractivity contribution is 0.0600. The average molecular weight is 313 g/mol. The Kier molecular flexibility index (Phi) is 6.84. The summed E-state index contributed by atoms with van der Waals surface area (Å²) in [5.41, 5.74) is 0.917. The Morgan fingerprint density at radius 3 is 2.52 bits per heavy atom. The van der Waals surface area contributed by atoms with Crippen molar-refractivity contribution in [1.29, 1.82) is 0 Å². The number of methoxy groups -OCH3 is 1. The lowest BCUT2D eigenvalue weighted by atomic mass is 10.0. The zero-order chi connectivity index (χ0) is 15.9. The quantitative estimate of drug-likeness (QED) is 0.748. The van der Waals surface area contributed by atoms with Gasteiger partial charge in [0.05, 0.1) is 18.4 Å². The van der Waals surface area contributed by atoms with Crippen LogP contribution in [-0.4, -0.2) is 28.0 Å². The summed E-state index contributed by atoms with van der Waals surface area (Å²) in [7, 11) is -2.11. The molecule has 21 heavy (non-hydrogen) atoms. The third-order valence-corrected chi connectivity index (χ3v) is 4.77. The van der Waals surface area contributed by atoms with Crippen molar-refractivity contribution < 1.29 is 17.9 Å². The van der Waals surface area contributed by atoms with E-state index in [0.29, 0.717) is 23.6 Å². The summed E-state index contributed by atoms with van der Waals surface area (Å²) < 4.78 is 31.4. The minimum Gasteiger partial charge on any atom is -0.465 e. The van der Waals surface area contributed by atoms with Crippen molar-refractivity contribution in [2.75, 3.05) is 13.7 Å². The molecule has 6 heteroatoms. The van der Waals surface area contributed by atoms with Gasteiger partial charge in [-0.15, -0.1) is 0 Å². The van der Waals surface area contributed by atoms with Crippen LogP contribution in [0.4, 0.5) is 0 Å². The van der Waals surface area contributed by atoms with Gasteiger partial charge in [0.25, 0.3) is 0 Å². The SMILES string of the molecule is CCC(CC)CNS(=O)(=O)Cc1cccc(C(=O)OC)c1. The third-order valence-electron chi connectivity index (χ3n) is 3.45. The maximum absolute atomic E-state index is 12.1. The van der Waals surface area contributed by atoms with E-state index < -0.39 is 16.0 Å². The lowest BCUT2D eigenvalue weighted by Gasteiger charge is -2.13. The second-order valence-corrected chi connectivity index (χ2v) is 6.79. The first-order chi connectivity index (χ1) is 9.91. The summed E-state index contributed by atoms with van der Waals surface area (Å²) in [6.07, 6.45) is 1.88. The van der Waals surface area contributed by atoms with Crippen LogP contribution in [0.5, 0.6) is 0 Å². The molecular weight excluding hydrogens is 290 g/mol. The first-order valence-electron chi connectivity index (χ1n) is 7.06. The molecule has 0 aliphatic rings. The number of hydrogen-bond acceptors (Lipinski definition) is 4. The van der Waals surface area contributed by atoms with E-state index in [1.165, 1.54) is 7.11 Å². The molecule has 0 atom stereocenters. The van der Waals surface area contributed by atoms with Gasteiger partial charge in [0, 0.05) is 6.54 Å². The molecule has 1 N–H and O–H groups in total. The number of rotatable bonds is 8. The summed E-state index contributed by atoms with van der Waals surface area (Å²) in [4.78, 5) is 11.4. The first-order valence-corrected chi connectivity index (χ1v) is 8.71. The van der Waals surface area contributed by atoms with Gasteiger partial charge in [-0.2, -0.15) is 0 Å². The van der Waals surface area contributed by atoms with Crippen molar-refractivity contribution in [3.05, 3.63) is 35.4 Å². The Labute approximate surface area is 126 Å². The van der Waals surface area contributed by atoms with E-state index in [-0.39, 0.29) is 5.75 Å². The molecule has 0 radical (unpaired) electrons. The van der Waals surface area contributed by atoms with Crippen LogP contribution >= 0.6 is 0 Å². The predicted molar refractivity (Wildman–Crippen MR) is 82.5 cm³/mol. The van der Waals surface area contributed by atoms with Gasteiger partial charge >= 0.3 is 5.97 Å². The van der Waals surface area contributed by atoms with Crippen LogP contribution in [-0.2, 0) is 20.5 Å². The molecule has 1 aromatic carbocycles. The second kappa shape index (κ2) is 8.14. The van der Waals surface area contributed by atoms with E-state index in [1.54, 1.807) is 24.3 Å². The Hall–Kier alpha value is -1.40. The number of hydrogen-bond donors (Lipinski definition) is 1. The van der Waals surface area contributed by atoms with Crippen LogP contribution in [0.1, 0.15) is 42.6 Å². The topological polar surface area (TPSA) is 72.5 Å². The Balaban J connectivity index is 2.73. The molecule has 0 saturated carbocycles. The molecule has 5 nitrogen and oxygen atoms in total. The first kappa shape index (κ1) is 17.7. The molecule has 118 valence electrons. The van der Waals surface area contributed by atoms with Crippen molar-refractivity contribution in [2.24, 2.45) is 5.92 Å². The van der Waals surface area contributed by atoms with E-state index in [2.05, 4.69) is 9.46 Å². The van der Waals surface area contributed by atoms with Gasteiger partial charge in [-0.1, -0.05) is 38.8 Å². The molecule has 0 bridgehead atoms. The normalized spacial score (nSPS) is 11.6. The lowest BCUT2D eigenvalue weighted by Crippen LogP contribution is -2.30. The smallest absolute Gasteiger partial charge is 0.337 e. The van der Waals surface area contributed by atoms with Crippen LogP contribution in [0.15, 0.2) is 24.3 Å². The monoisotopic (exact) mass is 313 g/mol. The number of esters is 1. The fraction of sp³-hybridized carbons (Fsp3) is 0.533. The maximum atomic E-state index is 12.1. The highest BCUT2D eigenvalue weighted by Gasteiger charge is 2.15. The summed E-state index contributed by atoms with van der Waals surface area (Å²) in [5.74, 6) is -0.266. The van der Waals surface area contributed by atoms with Crippen molar-refractivity contribution >= 4 is 16.0 Å². The van der Waals surface area contributed by atoms with Crippen molar-refractivity contribution in [3.8, 4) is 0 Å². The third kappa shape index (κ3) is 5.85. The van der Waals surface area contributed by atoms with Crippen molar-refractivity contribution in [1.82, 2.24) is 4.72 Å². The number of sulfonamides is 1. The van der Waals surface area contributed by atoms with E-state index >= 15 is 0 Å². The molecule has 0 unspecified atom stereocenters. The number of ether oxygens (including phenoxy) is 1. The zero-order valence-corrected chi connectivity index (χ0v) is 13.6. The van der Waals surface area contributed by atoms with E-state index in [0.717, 1.165) is 12.8 Å². The Morgan fingerprint density at radius 1 is 1.29 bits per heavy atom. The van der Waals surface area contributed by atoms with Gasteiger partial charge in [-0.05, 0) is 23.6 Å². The molecule has 0 fully saturated rings. The van der Waals surface area contributed by atoms with Gasteiger partial charge in [0.15, 0.2) is 0 Å². The molecule has 0 aliphatic carbocycles. The summed E-state index contributed by atoms with van der Waals surface area (Å²) >= 11 is 0. The fourth-order valence-corrected chi connectivity index (χ4v) is 3.21. The highest BCUT2D eigenvalue weighted by atomic mass is 32.2. The molecule has 0 amide bonds. The van der Waals surface area contributed by atoms with Gasteiger partial charge in [-0.25, -0.2) is 17.9 Å². The van der Waals surface area contributed by atoms with E-state index in [9.17, 15) is 13.2 Å². The number of benzene rings is 1. The van der Waals surface area contributed by atoms with Crippen LogP contribution < -0.4 is 4.72 Å². The van der Waals surface area contributed by atoms with Crippen LogP contribution in [0, 0.1) is 5.92 Å². The molecule has 0 aliphatic heterocycles. The van der Waals surface area contributed by atoms with Crippen molar-refractivity contribution in [2.45, 2.75) is 32.4 Å². The maximum Gasteiger partial charge on any atom is 0.337 e. The minimum absolute atomic E-state index is 0.141. The molecule has 0 saturated heterocycles. The van der Waals surface area contributed by atoms with E-state index in [1.807, 2.05) is 13.8 Å². The second-order valence-electron chi connectivity index (χ2n) is 4.98. The average Bonchev–Trinajstić information content (AvgIpc) is 2.47. The molecule has 1 aromatic rings. The largest absolute Gasteiger partial charge is 0.465 e. The Morgan fingerprint density at radius 2 is 1.95 bits per heavy atom. The molecule has 0 heterocycles. The number of carbonyl (C=O) groups excluding carboxylic acids is 1.